The molecule has 1 saturated heterocycles. The van der Waals surface area contributed by atoms with Crippen molar-refractivity contribution >= 4 is 52.2 Å². The zero-order valence-electron chi connectivity index (χ0n) is 15.4. The number of hydrogen-bond donors (Lipinski definition) is 2. The SMILES string of the molecule is CCC(C)C(NC(=O)CN1C(=O)C(=Cc2ccc(C)cc2)SC1=S)C(=O)O. The molecule has 1 aromatic carbocycles. The number of nitrogens with one attached hydrogen (secondary N) is 1. The quantitative estimate of drug-likeness (QED) is 0.535. The van der Waals surface area contributed by atoms with Crippen LogP contribution in [0, 0.1) is 12.8 Å². The van der Waals surface area contributed by atoms with Crippen molar-refractivity contribution in [3.05, 3.63) is 40.3 Å². The average Bonchev–Trinajstić information content (AvgIpc) is 2.88. The Bertz CT molecular complexity index is 789. The maximum Gasteiger partial charge on any atom is 0.326 e. The van der Waals surface area contributed by atoms with Gasteiger partial charge in [-0.25, -0.2) is 4.79 Å². The van der Waals surface area contributed by atoms with Crippen LogP contribution in [0.2, 0.25) is 0 Å². The minimum absolute atomic E-state index is 0.223. The zero-order valence-corrected chi connectivity index (χ0v) is 17.0. The Labute approximate surface area is 168 Å². The van der Waals surface area contributed by atoms with Gasteiger partial charge >= 0.3 is 5.97 Å². The van der Waals surface area contributed by atoms with Gasteiger partial charge in [-0.2, -0.15) is 0 Å². The molecule has 2 N–H and O–H groups in total. The summed E-state index contributed by atoms with van der Waals surface area (Å²) in [6.07, 6.45) is 2.34. The van der Waals surface area contributed by atoms with Gasteiger partial charge in [0.25, 0.3) is 5.91 Å². The standard InChI is InChI=1S/C19H22N2O4S2/c1-4-12(3)16(18(24)25)20-15(22)10-21-17(23)14(27-19(21)26)9-13-7-5-11(2)6-8-13/h5-9,12,16H,4,10H2,1-3H3,(H,20,22)(H,24,25). The predicted octanol–water partition coefficient (Wildman–Crippen LogP) is 2.81. The van der Waals surface area contributed by atoms with E-state index in [2.05, 4.69) is 5.32 Å². The normalized spacial score (nSPS) is 17.9. The molecule has 2 amide bonds. The molecule has 1 heterocycles. The Morgan fingerprint density at radius 3 is 2.52 bits per heavy atom. The number of amides is 2. The highest BCUT2D eigenvalue weighted by Crippen LogP contribution is 2.32. The van der Waals surface area contributed by atoms with Gasteiger partial charge in [0.2, 0.25) is 5.91 Å². The van der Waals surface area contributed by atoms with Crippen LogP contribution >= 0.6 is 24.0 Å². The zero-order chi connectivity index (χ0) is 20.1. The van der Waals surface area contributed by atoms with E-state index in [1.165, 1.54) is 4.90 Å². The van der Waals surface area contributed by atoms with Crippen LogP contribution in [0.1, 0.15) is 31.4 Å². The number of carbonyl (C=O) groups excluding carboxylic acids is 2. The molecule has 1 fully saturated rings. The van der Waals surface area contributed by atoms with E-state index in [4.69, 9.17) is 12.2 Å². The van der Waals surface area contributed by atoms with Gasteiger partial charge in [-0.1, -0.05) is 74.1 Å². The molecule has 0 aromatic heterocycles. The van der Waals surface area contributed by atoms with Crippen molar-refractivity contribution in [3.8, 4) is 0 Å². The number of aryl methyl sites for hydroxylation is 1. The van der Waals surface area contributed by atoms with E-state index >= 15 is 0 Å². The third-order valence-electron chi connectivity index (χ3n) is 4.35. The van der Waals surface area contributed by atoms with Gasteiger partial charge in [0.15, 0.2) is 0 Å². The fourth-order valence-electron chi connectivity index (χ4n) is 2.50. The van der Waals surface area contributed by atoms with E-state index in [1.807, 2.05) is 38.1 Å². The molecule has 8 heteroatoms. The van der Waals surface area contributed by atoms with Gasteiger partial charge in [-0.05, 0) is 24.5 Å². The topological polar surface area (TPSA) is 86.7 Å². The van der Waals surface area contributed by atoms with Crippen molar-refractivity contribution in [3.63, 3.8) is 0 Å². The molecule has 0 spiro atoms. The first kappa shape index (κ1) is 21.1. The smallest absolute Gasteiger partial charge is 0.326 e. The van der Waals surface area contributed by atoms with Crippen LogP contribution < -0.4 is 5.32 Å². The summed E-state index contributed by atoms with van der Waals surface area (Å²) in [5.41, 5.74) is 1.99. The number of hydrogen-bond acceptors (Lipinski definition) is 5. The molecule has 2 atom stereocenters. The number of carboxylic acid groups (broad SMARTS) is 1. The minimum atomic E-state index is -1.10. The largest absolute Gasteiger partial charge is 0.480 e. The lowest BCUT2D eigenvalue weighted by Crippen LogP contribution is -2.49. The summed E-state index contributed by atoms with van der Waals surface area (Å²) in [5, 5.41) is 11.8. The predicted molar refractivity (Wildman–Crippen MR) is 110 cm³/mol. The molecule has 144 valence electrons. The minimum Gasteiger partial charge on any atom is -0.480 e. The molecule has 2 rings (SSSR count). The van der Waals surface area contributed by atoms with E-state index in [9.17, 15) is 19.5 Å². The summed E-state index contributed by atoms with van der Waals surface area (Å²) < 4.78 is 0.281. The second-order valence-corrected chi connectivity index (χ2v) is 8.12. The van der Waals surface area contributed by atoms with Gasteiger partial charge in [0.1, 0.15) is 16.9 Å². The highest BCUT2D eigenvalue weighted by Gasteiger charge is 2.34. The molecule has 0 radical (unpaired) electrons. The molecular formula is C19H22N2O4S2. The lowest BCUT2D eigenvalue weighted by molar-refractivity contribution is -0.143. The number of thioether (sulfide) groups is 1. The highest BCUT2D eigenvalue weighted by molar-refractivity contribution is 8.26. The van der Waals surface area contributed by atoms with Crippen LogP contribution in [-0.2, 0) is 14.4 Å². The second-order valence-electron chi connectivity index (χ2n) is 6.45. The molecule has 1 aromatic rings. The number of rotatable bonds is 7. The summed E-state index contributed by atoms with van der Waals surface area (Å²) in [6.45, 7) is 5.29. The number of carboxylic acids is 1. The third-order valence-corrected chi connectivity index (χ3v) is 5.72. The number of aliphatic carboxylic acids is 1. The highest BCUT2D eigenvalue weighted by atomic mass is 32.2. The molecule has 2 unspecified atom stereocenters. The number of carbonyl (C=O) groups is 3. The molecule has 0 aliphatic carbocycles. The molecular weight excluding hydrogens is 384 g/mol. The van der Waals surface area contributed by atoms with Crippen molar-refractivity contribution < 1.29 is 19.5 Å². The molecule has 27 heavy (non-hydrogen) atoms. The summed E-state index contributed by atoms with van der Waals surface area (Å²) in [5.74, 6) is -2.21. The average molecular weight is 407 g/mol. The van der Waals surface area contributed by atoms with Crippen LogP contribution in [0.25, 0.3) is 6.08 Å². The Balaban J connectivity index is 2.07. The Morgan fingerprint density at radius 2 is 1.96 bits per heavy atom. The van der Waals surface area contributed by atoms with Crippen molar-refractivity contribution in [2.24, 2.45) is 5.92 Å². The molecule has 1 aliphatic heterocycles. The summed E-state index contributed by atoms with van der Waals surface area (Å²) >= 11 is 6.35. The van der Waals surface area contributed by atoms with E-state index in [0.29, 0.717) is 11.3 Å². The Morgan fingerprint density at radius 1 is 1.33 bits per heavy atom. The van der Waals surface area contributed by atoms with E-state index < -0.39 is 17.9 Å². The van der Waals surface area contributed by atoms with Crippen molar-refractivity contribution in [1.29, 1.82) is 0 Å². The monoisotopic (exact) mass is 406 g/mol. The van der Waals surface area contributed by atoms with Crippen LogP contribution in [0.5, 0.6) is 0 Å². The van der Waals surface area contributed by atoms with Gasteiger partial charge in [0.05, 0.1) is 4.91 Å². The van der Waals surface area contributed by atoms with Crippen LogP contribution in [0.4, 0.5) is 0 Å². The number of thiocarbonyl (C=S) groups is 1. The lowest BCUT2D eigenvalue weighted by atomic mass is 9.99. The van der Waals surface area contributed by atoms with Gasteiger partial charge in [-0.15, -0.1) is 0 Å². The fourth-order valence-corrected chi connectivity index (χ4v) is 3.75. The van der Waals surface area contributed by atoms with E-state index in [0.717, 1.165) is 22.9 Å². The first-order valence-electron chi connectivity index (χ1n) is 8.57. The third kappa shape index (κ3) is 5.40. The molecule has 1 aliphatic rings. The summed E-state index contributed by atoms with van der Waals surface area (Å²) in [4.78, 5) is 37.8. The van der Waals surface area contributed by atoms with Crippen LogP contribution in [0.3, 0.4) is 0 Å². The fraction of sp³-hybridized carbons (Fsp3) is 0.368. The van der Waals surface area contributed by atoms with Crippen LogP contribution in [-0.4, -0.2) is 44.7 Å². The van der Waals surface area contributed by atoms with Crippen molar-refractivity contribution in [2.45, 2.75) is 33.2 Å². The molecule has 0 saturated carbocycles. The van der Waals surface area contributed by atoms with Gasteiger partial charge < -0.3 is 10.4 Å². The second kappa shape index (κ2) is 9.14. The van der Waals surface area contributed by atoms with E-state index in [1.54, 1.807) is 13.0 Å². The maximum absolute atomic E-state index is 12.6. The lowest BCUT2D eigenvalue weighted by Gasteiger charge is -2.21. The summed E-state index contributed by atoms with van der Waals surface area (Å²) in [6, 6.07) is 6.70. The first-order valence-corrected chi connectivity index (χ1v) is 9.79. The number of benzene rings is 1. The Hall–Kier alpha value is -2.19. The van der Waals surface area contributed by atoms with Crippen LogP contribution in [0.15, 0.2) is 29.2 Å². The maximum atomic E-state index is 12.6. The van der Waals surface area contributed by atoms with Crippen molar-refractivity contribution in [1.82, 2.24) is 10.2 Å². The van der Waals surface area contributed by atoms with E-state index in [-0.39, 0.29) is 22.7 Å². The Kier molecular flexibility index (Phi) is 7.15. The van der Waals surface area contributed by atoms with Gasteiger partial charge in [-0.3, -0.25) is 14.5 Å². The molecule has 6 nitrogen and oxygen atoms in total. The van der Waals surface area contributed by atoms with Gasteiger partial charge in [0, 0.05) is 0 Å². The van der Waals surface area contributed by atoms with Crippen molar-refractivity contribution in [2.75, 3.05) is 6.54 Å². The molecule has 0 bridgehead atoms. The first-order chi connectivity index (χ1) is 12.7. The number of nitrogens with zero attached hydrogens (tertiary/aromatic N) is 1. The summed E-state index contributed by atoms with van der Waals surface area (Å²) in [7, 11) is 0.